The smallest absolute Gasteiger partial charge is 0.0900 e. The lowest BCUT2D eigenvalue weighted by atomic mass is 9.87. The van der Waals surface area contributed by atoms with Crippen molar-refractivity contribution in [1.29, 1.82) is 0 Å². The van der Waals surface area contributed by atoms with Gasteiger partial charge in [0.25, 0.3) is 0 Å². The van der Waals surface area contributed by atoms with E-state index in [1.165, 1.54) is 44.9 Å². The minimum Gasteiger partial charge on any atom is -0.389 e. The molecule has 0 aromatic rings. The van der Waals surface area contributed by atoms with E-state index in [0.717, 1.165) is 49.9 Å². The summed E-state index contributed by atoms with van der Waals surface area (Å²) in [5, 5.41) is 10.1. The molecule has 4 atom stereocenters. The summed E-state index contributed by atoms with van der Waals surface area (Å²) in [4.78, 5) is 2.39. The Labute approximate surface area is 130 Å². The minimum absolute atomic E-state index is 0.307. The van der Waals surface area contributed by atoms with Crippen molar-refractivity contribution < 1.29 is 9.84 Å². The molecule has 0 spiro atoms. The van der Waals surface area contributed by atoms with Gasteiger partial charge in [-0.3, -0.25) is 0 Å². The minimum atomic E-state index is -0.307. The summed E-state index contributed by atoms with van der Waals surface area (Å²) >= 11 is 0. The fourth-order valence-corrected chi connectivity index (χ4v) is 4.78. The molecule has 0 amide bonds. The van der Waals surface area contributed by atoms with Crippen LogP contribution >= 0.6 is 0 Å². The van der Waals surface area contributed by atoms with Crippen LogP contribution in [0.5, 0.6) is 0 Å². The zero-order valence-corrected chi connectivity index (χ0v) is 13.7. The first-order chi connectivity index (χ1) is 10.2. The average Bonchev–Trinajstić information content (AvgIpc) is 3.09. The van der Waals surface area contributed by atoms with Crippen LogP contribution in [0.3, 0.4) is 0 Å². The quantitative estimate of drug-likeness (QED) is 0.733. The Morgan fingerprint density at radius 1 is 1.14 bits per heavy atom. The standard InChI is InChI=1S/C18H33NO2/c1-14-4-7-19(8-5-14)12-18(20)13-21-9-6-17-11-15-2-3-16(17)10-15/h14-18,20H,2-13H2,1H3/t15-,16-,17-,18+/m1/s1. The molecular weight excluding hydrogens is 262 g/mol. The molecular formula is C18H33NO2. The molecule has 3 nitrogen and oxygen atoms in total. The third kappa shape index (κ3) is 4.43. The maximum absolute atomic E-state index is 10.1. The fourth-order valence-electron chi connectivity index (χ4n) is 4.78. The van der Waals surface area contributed by atoms with Gasteiger partial charge in [-0.25, -0.2) is 0 Å². The van der Waals surface area contributed by atoms with E-state index >= 15 is 0 Å². The molecule has 21 heavy (non-hydrogen) atoms. The maximum Gasteiger partial charge on any atom is 0.0900 e. The lowest BCUT2D eigenvalue weighted by Gasteiger charge is -2.31. The van der Waals surface area contributed by atoms with Crippen LogP contribution < -0.4 is 0 Å². The number of ether oxygens (including phenoxy) is 1. The van der Waals surface area contributed by atoms with Gasteiger partial charge in [-0.15, -0.1) is 0 Å². The highest BCUT2D eigenvalue weighted by atomic mass is 16.5. The van der Waals surface area contributed by atoms with Gasteiger partial charge < -0.3 is 14.7 Å². The number of β-amino-alcohol motifs (C(OH)–C–C–N with tert-alkyl or cyclic N) is 1. The Morgan fingerprint density at radius 3 is 2.62 bits per heavy atom. The molecule has 0 aromatic heterocycles. The lowest BCUT2D eigenvalue weighted by Crippen LogP contribution is -2.39. The summed E-state index contributed by atoms with van der Waals surface area (Å²) in [5.41, 5.74) is 0. The second-order valence-corrected chi connectivity index (χ2v) is 7.94. The normalized spacial score (nSPS) is 35.4. The van der Waals surface area contributed by atoms with E-state index in [4.69, 9.17) is 4.74 Å². The summed E-state index contributed by atoms with van der Waals surface area (Å²) < 4.78 is 5.75. The van der Waals surface area contributed by atoms with Crippen molar-refractivity contribution in [3.8, 4) is 0 Å². The Hall–Kier alpha value is -0.120. The molecule has 1 heterocycles. The van der Waals surface area contributed by atoms with Crippen LogP contribution in [0.15, 0.2) is 0 Å². The van der Waals surface area contributed by atoms with Gasteiger partial charge >= 0.3 is 0 Å². The number of nitrogens with zero attached hydrogens (tertiary/aromatic N) is 1. The molecule has 0 unspecified atom stereocenters. The first kappa shape index (κ1) is 15.8. The highest BCUT2D eigenvalue weighted by Gasteiger charge is 2.38. The highest BCUT2D eigenvalue weighted by molar-refractivity contribution is 4.89. The molecule has 2 bridgehead atoms. The van der Waals surface area contributed by atoms with Crippen LogP contribution in [0.4, 0.5) is 0 Å². The van der Waals surface area contributed by atoms with Gasteiger partial charge in [0.05, 0.1) is 12.7 Å². The van der Waals surface area contributed by atoms with Crippen LogP contribution in [0, 0.1) is 23.7 Å². The van der Waals surface area contributed by atoms with E-state index in [9.17, 15) is 5.11 Å². The van der Waals surface area contributed by atoms with Crippen molar-refractivity contribution >= 4 is 0 Å². The average molecular weight is 295 g/mol. The van der Waals surface area contributed by atoms with E-state index in [2.05, 4.69) is 11.8 Å². The summed E-state index contributed by atoms with van der Waals surface area (Å²) in [5.74, 6) is 3.81. The number of hydrogen-bond acceptors (Lipinski definition) is 3. The van der Waals surface area contributed by atoms with Crippen molar-refractivity contribution in [2.24, 2.45) is 23.7 Å². The molecule has 0 radical (unpaired) electrons. The second-order valence-electron chi connectivity index (χ2n) is 7.94. The van der Waals surface area contributed by atoms with E-state index < -0.39 is 0 Å². The van der Waals surface area contributed by atoms with E-state index in [-0.39, 0.29) is 6.10 Å². The number of fused-ring (bicyclic) bond motifs is 2. The Balaban J connectivity index is 1.24. The predicted molar refractivity (Wildman–Crippen MR) is 85.2 cm³/mol. The first-order valence-electron chi connectivity index (χ1n) is 9.19. The molecule has 0 aromatic carbocycles. The molecule has 1 N–H and O–H groups in total. The van der Waals surface area contributed by atoms with Gasteiger partial charge in [-0.2, -0.15) is 0 Å². The predicted octanol–water partition coefficient (Wildman–Crippen LogP) is 2.92. The maximum atomic E-state index is 10.1. The number of piperidine rings is 1. The first-order valence-corrected chi connectivity index (χ1v) is 9.19. The molecule has 2 saturated carbocycles. The summed E-state index contributed by atoms with van der Waals surface area (Å²) in [6.45, 7) is 6.77. The largest absolute Gasteiger partial charge is 0.389 e. The third-order valence-electron chi connectivity index (χ3n) is 6.17. The van der Waals surface area contributed by atoms with Crippen molar-refractivity contribution in [3.63, 3.8) is 0 Å². The van der Waals surface area contributed by atoms with Gasteiger partial charge in [-0.05, 0) is 75.3 Å². The van der Waals surface area contributed by atoms with Crippen molar-refractivity contribution in [2.45, 2.75) is 58.0 Å². The van der Waals surface area contributed by atoms with Gasteiger partial charge in [0.15, 0.2) is 0 Å². The topological polar surface area (TPSA) is 32.7 Å². The zero-order valence-electron chi connectivity index (χ0n) is 13.7. The molecule has 1 saturated heterocycles. The van der Waals surface area contributed by atoms with E-state index in [1.54, 1.807) is 0 Å². The van der Waals surface area contributed by atoms with Gasteiger partial charge in [0.1, 0.15) is 0 Å². The monoisotopic (exact) mass is 295 g/mol. The lowest BCUT2D eigenvalue weighted by molar-refractivity contribution is 0.00593. The molecule has 1 aliphatic heterocycles. The number of hydrogen-bond donors (Lipinski definition) is 1. The van der Waals surface area contributed by atoms with Gasteiger partial charge in [-0.1, -0.05) is 13.3 Å². The van der Waals surface area contributed by atoms with E-state index in [1.807, 2.05) is 0 Å². The van der Waals surface area contributed by atoms with Crippen LogP contribution in [0.2, 0.25) is 0 Å². The Kier molecular flexibility index (Phi) is 5.58. The number of aliphatic hydroxyl groups excluding tert-OH is 1. The molecule has 3 rings (SSSR count). The number of likely N-dealkylation sites (tertiary alicyclic amines) is 1. The van der Waals surface area contributed by atoms with Gasteiger partial charge in [0.2, 0.25) is 0 Å². The SMILES string of the molecule is CC1CCN(C[C@H](O)COCC[C@@H]2C[C@@H]3CC[C@@H]2C3)CC1. The highest BCUT2D eigenvalue weighted by Crippen LogP contribution is 2.49. The van der Waals surface area contributed by atoms with E-state index in [0.29, 0.717) is 6.61 Å². The van der Waals surface area contributed by atoms with Crippen molar-refractivity contribution in [3.05, 3.63) is 0 Å². The van der Waals surface area contributed by atoms with Crippen LogP contribution in [-0.2, 0) is 4.74 Å². The summed E-state index contributed by atoms with van der Waals surface area (Å²) in [7, 11) is 0. The second kappa shape index (κ2) is 7.43. The summed E-state index contributed by atoms with van der Waals surface area (Å²) in [6.07, 6.45) is 9.34. The summed E-state index contributed by atoms with van der Waals surface area (Å²) in [6, 6.07) is 0. The van der Waals surface area contributed by atoms with Crippen LogP contribution in [-0.4, -0.2) is 49.0 Å². The molecule has 122 valence electrons. The van der Waals surface area contributed by atoms with Crippen LogP contribution in [0.25, 0.3) is 0 Å². The van der Waals surface area contributed by atoms with Crippen molar-refractivity contribution in [1.82, 2.24) is 4.90 Å². The Bertz CT molecular complexity index is 314. The number of rotatable bonds is 7. The molecule has 3 fully saturated rings. The molecule has 2 aliphatic carbocycles. The number of aliphatic hydroxyl groups is 1. The Morgan fingerprint density at radius 2 is 1.95 bits per heavy atom. The fraction of sp³-hybridized carbons (Fsp3) is 1.00. The zero-order chi connectivity index (χ0) is 14.7. The molecule has 3 heteroatoms. The van der Waals surface area contributed by atoms with Crippen LogP contribution in [0.1, 0.15) is 51.9 Å². The third-order valence-corrected chi connectivity index (χ3v) is 6.17. The van der Waals surface area contributed by atoms with Gasteiger partial charge in [0, 0.05) is 13.2 Å². The molecule has 3 aliphatic rings. The van der Waals surface area contributed by atoms with Crippen molar-refractivity contribution in [2.75, 3.05) is 32.8 Å².